The summed E-state index contributed by atoms with van der Waals surface area (Å²) in [5.41, 5.74) is 3.35. The molecule has 0 atom stereocenters. The van der Waals surface area contributed by atoms with Crippen molar-refractivity contribution in [3.8, 4) is 11.5 Å². The van der Waals surface area contributed by atoms with Gasteiger partial charge in [-0.15, -0.1) is 0 Å². The van der Waals surface area contributed by atoms with E-state index in [1.165, 1.54) is 16.8 Å². The lowest BCUT2D eigenvalue weighted by molar-refractivity contribution is -0.116. The highest BCUT2D eigenvalue weighted by Gasteiger charge is 2.23. The number of benzene rings is 2. The van der Waals surface area contributed by atoms with Gasteiger partial charge in [0, 0.05) is 42.1 Å². The van der Waals surface area contributed by atoms with Crippen molar-refractivity contribution in [1.29, 1.82) is 0 Å². The summed E-state index contributed by atoms with van der Waals surface area (Å²) in [6, 6.07) is 14.0. The third-order valence-corrected chi connectivity index (χ3v) is 6.95. The number of amides is 2. The summed E-state index contributed by atoms with van der Waals surface area (Å²) in [5, 5.41) is 8.98. The molecule has 37 heavy (non-hydrogen) atoms. The van der Waals surface area contributed by atoms with Crippen LogP contribution in [0.4, 0.5) is 10.5 Å². The Balaban J connectivity index is 1.63. The van der Waals surface area contributed by atoms with Crippen LogP contribution in [-0.4, -0.2) is 64.9 Å². The number of carbonyl (C=O) groups excluding carboxylic acids is 2. The van der Waals surface area contributed by atoms with Crippen molar-refractivity contribution in [3.63, 3.8) is 0 Å². The van der Waals surface area contributed by atoms with Gasteiger partial charge in [-0.2, -0.15) is 5.10 Å². The summed E-state index contributed by atoms with van der Waals surface area (Å²) in [5.74, 6) is 1.79. The Kier molecular flexibility index (Phi) is 10.4. The van der Waals surface area contributed by atoms with Gasteiger partial charge in [0.25, 0.3) is 0 Å². The maximum atomic E-state index is 12.6. The monoisotopic (exact) mass is 526 g/mol. The lowest BCUT2D eigenvalue weighted by atomic mass is 10.1. The predicted molar refractivity (Wildman–Crippen MR) is 151 cm³/mol. The zero-order chi connectivity index (χ0) is 26.9. The van der Waals surface area contributed by atoms with Crippen LogP contribution in [0.5, 0.6) is 11.5 Å². The van der Waals surface area contributed by atoms with Gasteiger partial charge in [0.2, 0.25) is 5.91 Å². The number of methoxy groups -OCH3 is 1. The van der Waals surface area contributed by atoms with Crippen LogP contribution in [0.15, 0.2) is 47.6 Å². The number of hydrogen-bond acceptors (Lipinski definition) is 7. The van der Waals surface area contributed by atoms with E-state index in [1.54, 1.807) is 7.11 Å². The van der Waals surface area contributed by atoms with Crippen LogP contribution < -0.4 is 14.8 Å². The van der Waals surface area contributed by atoms with E-state index in [0.717, 1.165) is 22.5 Å². The lowest BCUT2D eigenvalue weighted by Gasteiger charge is -2.30. The SMILES string of the molecule is CCOc1cc(C2=NN(Cc3ccc(NC(=O)CCN(C(C)C)C(C)C)cc3)C(=O)SC2)ccc1OC. The number of carbonyl (C=O) groups is 2. The van der Waals surface area contributed by atoms with Crippen LogP contribution in [-0.2, 0) is 11.3 Å². The van der Waals surface area contributed by atoms with Gasteiger partial charge >= 0.3 is 5.24 Å². The Morgan fingerprint density at radius 3 is 2.43 bits per heavy atom. The van der Waals surface area contributed by atoms with Crippen molar-refractivity contribution in [2.45, 2.75) is 59.7 Å². The van der Waals surface area contributed by atoms with Gasteiger partial charge in [0.1, 0.15) is 0 Å². The van der Waals surface area contributed by atoms with Gasteiger partial charge in [-0.1, -0.05) is 23.9 Å². The molecule has 1 heterocycles. The summed E-state index contributed by atoms with van der Waals surface area (Å²) in [7, 11) is 1.61. The number of hydrazone groups is 1. The molecule has 8 nitrogen and oxygen atoms in total. The van der Waals surface area contributed by atoms with Crippen molar-refractivity contribution in [2.24, 2.45) is 5.10 Å². The Bertz CT molecular complexity index is 1090. The smallest absolute Gasteiger partial charge is 0.302 e. The van der Waals surface area contributed by atoms with E-state index >= 15 is 0 Å². The predicted octanol–water partition coefficient (Wildman–Crippen LogP) is 5.61. The first kappa shape index (κ1) is 28.5. The minimum absolute atomic E-state index is 0.0122. The molecular formula is C28H38N4O4S. The van der Waals surface area contributed by atoms with Gasteiger partial charge < -0.3 is 14.8 Å². The standard InChI is InChI=1S/C28H38N4O4S/c1-7-36-26-16-22(10-13-25(26)35-6)24-18-37-28(34)32(30-24)17-21-8-11-23(12-9-21)29-27(33)14-15-31(19(2)3)20(4)5/h8-13,16,19-20H,7,14-15,17-18H2,1-6H3,(H,29,33). The van der Waals surface area contributed by atoms with Crippen LogP contribution in [0.1, 0.15) is 52.2 Å². The highest BCUT2D eigenvalue weighted by atomic mass is 32.2. The maximum absolute atomic E-state index is 12.6. The molecule has 2 amide bonds. The fourth-order valence-corrected chi connectivity index (χ4v) is 4.96. The van der Waals surface area contributed by atoms with Crippen molar-refractivity contribution >= 4 is 34.3 Å². The fraction of sp³-hybridized carbons (Fsp3) is 0.464. The quantitative estimate of drug-likeness (QED) is 0.387. The minimum atomic E-state index is -0.0977. The first-order chi connectivity index (χ1) is 17.7. The summed E-state index contributed by atoms with van der Waals surface area (Å²) in [6.45, 7) is 12.1. The molecule has 0 saturated carbocycles. The van der Waals surface area contributed by atoms with Crippen LogP contribution >= 0.6 is 11.8 Å². The molecule has 2 aromatic carbocycles. The molecule has 3 rings (SSSR count). The number of anilines is 1. The molecule has 0 radical (unpaired) electrons. The second kappa shape index (κ2) is 13.5. The first-order valence-electron chi connectivity index (χ1n) is 12.7. The molecule has 0 aliphatic carbocycles. The maximum Gasteiger partial charge on any atom is 0.302 e. The molecule has 0 fully saturated rings. The van der Waals surface area contributed by atoms with Crippen molar-refractivity contribution in [3.05, 3.63) is 53.6 Å². The number of ether oxygens (including phenoxy) is 2. The molecule has 9 heteroatoms. The molecule has 0 unspecified atom stereocenters. The lowest BCUT2D eigenvalue weighted by Crippen LogP contribution is -2.39. The zero-order valence-electron chi connectivity index (χ0n) is 22.6. The molecule has 0 bridgehead atoms. The van der Waals surface area contributed by atoms with E-state index in [0.29, 0.717) is 55.5 Å². The summed E-state index contributed by atoms with van der Waals surface area (Å²) in [4.78, 5) is 27.3. The van der Waals surface area contributed by atoms with Crippen LogP contribution in [0.3, 0.4) is 0 Å². The van der Waals surface area contributed by atoms with Crippen LogP contribution in [0.2, 0.25) is 0 Å². The van der Waals surface area contributed by atoms with Crippen LogP contribution in [0, 0.1) is 0 Å². The Hall–Kier alpha value is -3.04. The second-order valence-electron chi connectivity index (χ2n) is 9.38. The van der Waals surface area contributed by atoms with E-state index in [2.05, 4.69) is 43.0 Å². The van der Waals surface area contributed by atoms with E-state index in [1.807, 2.05) is 49.4 Å². The number of nitrogens with one attached hydrogen (secondary N) is 1. The van der Waals surface area contributed by atoms with Crippen molar-refractivity contribution in [1.82, 2.24) is 9.91 Å². The average molecular weight is 527 g/mol. The average Bonchev–Trinajstić information content (AvgIpc) is 2.86. The topological polar surface area (TPSA) is 83.5 Å². The highest BCUT2D eigenvalue weighted by molar-refractivity contribution is 8.14. The Labute approximate surface area is 224 Å². The minimum Gasteiger partial charge on any atom is -0.493 e. The number of thioether (sulfide) groups is 1. The number of hydrogen-bond donors (Lipinski definition) is 1. The van der Waals surface area contributed by atoms with E-state index in [4.69, 9.17) is 9.47 Å². The van der Waals surface area contributed by atoms with Crippen molar-refractivity contribution in [2.75, 3.05) is 31.3 Å². The molecule has 0 spiro atoms. The summed E-state index contributed by atoms with van der Waals surface area (Å²) in [6.07, 6.45) is 0.436. The number of rotatable bonds is 12. The molecule has 0 aromatic heterocycles. The third kappa shape index (κ3) is 7.97. The molecule has 1 aliphatic rings. The Morgan fingerprint density at radius 2 is 1.81 bits per heavy atom. The van der Waals surface area contributed by atoms with Gasteiger partial charge in [0.15, 0.2) is 11.5 Å². The molecule has 2 aromatic rings. The molecule has 1 N–H and O–H groups in total. The first-order valence-corrected chi connectivity index (χ1v) is 13.7. The van der Waals surface area contributed by atoms with Gasteiger partial charge in [-0.25, -0.2) is 5.01 Å². The van der Waals surface area contributed by atoms with Crippen LogP contribution in [0.25, 0.3) is 0 Å². The van der Waals surface area contributed by atoms with E-state index < -0.39 is 0 Å². The van der Waals surface area contributed by atoms with Gasteiger partial charge in [-0.05, 0) is 70.5 Å². The normalized spacial score (nSPS) is 13.8. The van der Waals surface area contributed by atoms with E-state index in [9.17, 15) is 9.59 Å². The summed E-state index contributed by atoms with van der Waals surface area (Å²) >= 11 is 1.22. The van der Waals surface area contributed by atoms with Gasteiger partial charge in [-0.3, -0.25) is 14.5 Å². The van der Waals surface area contributed by atoms with Crippen molar-refractivity contribution < 1.29 is 19.1 Å². The Morgan fingerprint density at radius 1 is 1.11 bits per heavy atom. The molecule has 0 saturated heterocycles. The molecule has 200 valence electrons. The zero-order valence-corrected chi connectivity index (χ0v) is 23.4. The van der Waals surface area contributed by atoms with E-state index in [-0.39, 0.29) is 11.1 Å². The number of nitrogens with zero attached hydrogens (tertiary/aromatic N) is 3. The van der Waals surface area contributed by atoms with Gasteiger partial charge in [0.05, 0.1) is 26.0 Å². The molecular weight excluding hydrogens is 488 g/mol. The fourth-order valence-electron chi connectivity index (χ4n) is 4.22. The summed E-state index contributed by atoms with van der Waals surface area (Å²) < 4.78 is 11.1. The third-order valence-electron chi connectivity index (χ3n) is 6.07. The second-order valence-corrected chi connectivity index (χ2v) is 10.3. The highest BCUT2D eigenvalue weighted by Crippen LogP contribution is 2.30. The molecule has 1 aliphatic heterocycles. The largest absolute Gasteiger partial charge is 0.493 e.